The molecule has 0 aliphatic heterocycles. The summed E-state index contributed by atoms with van der Waals surface area (Å²) in [5.74, 6) is 1.03. The molecule has 0 N–H and O–H groups in total. The van der Waals surface area contributed by atoms with Crippen molar-refractivity contribution in [3.63, 3.8) is 0 Å². The zero-order valence-corrected chi connectivity index (χ0v) is 14.7. The molecule has 24 heavy (non-hydrogen) atoms. The normalized spacial score (nSPS) is 16.5. The van der Waals surface area contributed by atoms with Crippen molar-refractivity contribution in [2.24, 2.45) is 5.92 Å². The number of carbonyl (C=O) groups is 1. The summed E-state index contributed by atoms with van der Waals surface area (Å²) in [6.45, 7) is 2.60. The van der Waals surface area contributed by atoms with Gasteiger partial charge in [-0.05, 0) is 30.7 Å². The van der Waals surface area contributed by atoms with E-state index in [9.17, 15) is 4.79 Å². The number of nitrogens with zero attached hydrogens (tertiary/aromatic N) is 4. The topological polar surface area (TPSA) is 79.1 Å². The standard InChI is InChI=1S/C17H20N4O2S/c1-11-4-5-12-13(8-11)24-17-15(12)16(19-10-20-17)23-9-14(22)21(2)7-3-6-18/h10-11H,3-5,7-9H2,1-2H3. The van der Waals surface area contributed by atoms with E-state index >= 15 is 0 Å². The molecule has 0 fully saturated rings. The summed E-state index contributed by atoms with van der Waals surface area (Å²) >= 11 is 1.71. The molecule has 0 saturated heterocycles. The summed E-state index contributed by atoms with van der Waals surface area (Å²) < 4.78 is 5.71. The van der Waals surface area contributed by atoms with Crippen molar-refractivity contribution in [2.75, 3.05) is 20.2 Å². The third-order valence-electron chi connectivity index (χ3n) is 4.37. The van der Waals surface area contributed by atoms with Gasteiger partial charge in [0.15, 0.2) is 6.61 Å². The Morgan fingerprint density at radius 2 is 2.38 bits per heavy atom. The smallest absolute Gasteiger partial charge is 0.260 e. The van der Waals surface area contributed by atoms with Gasteiger partial charge in [-0.2, -0.15) is 5.26 Å². The van der Waals surface area contributed by atoms with Gasteiger partial charge in [-0.15, -0.1) is 11.3 Å². The van der Waals surface area contributed by atoms with Gasteiger partial charge in [-0.25, -0.2) is 9.97 Å². The highest BCUT2D eigenvalue weighted by atomic mass is 32.1. The molecular weight excluding hydrogens is 324 g/mol. The van der Waals surface area contributed by atoms with Crippen LogP contribution in [-0.4, -0.2) is 41.0 Å². The zero-order chi connectivity index (χ0) is 17.1. The van der Waals surface area contributed by atoms with Gasteiger partial charge >= 0.3 is 0 Å². The molecule has 1 aliphatic carbocycles. The van der Waals surface area contributed by atoms with Crippen molar-refractivity contribution in [3.8, 4) is 11.9 Å². The summed E-state index contributed by atoms with van der Waals surface area (Å²) in [5.41, 5.74) is 1.29. The van der Waals surface area contributed by atoms with Crippen molar-refractivity contribution < 1.29 is 9.53 Å². The van der Waals surface area contributed by atoms with Crippen LogP contribution in [0.2, 0.25) is 0 Å². The predicted molar refractivity (Wildman–Crippen MR) is 92.0 cm³/mol. The van der Waals surface area contributed by atoms with E-state index in [1.807, 2.05) is 6.07 Å². The van der Waals surface area contributed by atoms with Crippen molar-refractivity contribution >= 4 is 27.5 Å². The third-order valence-corrected chi connectivity index (χ3v) is 5.54. The Balaban J connectivity index is 1.78. The molecule has 1 atom stereocenters. The number of likely N-dealkylation sites (N-methyl/N-ethyl adjacent to an activating group) is 1. The first-order chi connectivity index (χ1) is 11.6. The molecule has 0 saturated carbocycles. The highest BCUT2D eigenvalue weighted by Gasteiger charge is 2.24. The van der Waals surface area contributed by atoms with Gasteiger partial charge in [-0.3, -0.25) is 4.79 Å². The van der Waals surface area contributed by atoms with Crippen molar-refractivity contribution in [2.45, 2.75) is 32.6 Å². The van der Waals surface area contributed by atoms with E-state index < -0.39 is 0 Å². The van der Waals surface area contributed by atoms with Gasteiger partial charge in [0.1, 0.15) is 11.2 Å². The van der Waals surface area contributed by atoms with E-state index in [1.54, 1.807) is 18.4 Å². The number of carbonyl (C=O) groups excluding carboxylic acids is 1. The van der Waals surface area contributed by atoms with E-state index in [0.717, 1.165) is 29.5 Å². The number of hydrogen-bond acceptors (Lipinski definition) is 6. The first kappa shape index (κ1) is 16.7. The minimum atomic E-state index is -0.158. The first-order valence-corrected chi connectivity index (χ1v) is 8.90. The molecule has 1 unspecified atom stereocenters. The molecule has 0 spiro atoms. The molecule has 0 bridgehead atoms. The van der Waals surface area contributed by atoms with Crippen LogP contribution in [-0.2, 0) is 17.6 Å². The maximum atomic E-state index is 12.1. The van der Waals surface area contributed by atoms with Gasteiger partial charge < -0.3 is 9.64 Å². The number of rotatable bonds is 5. The van der Waals surface area contributed by atoms with Crippen LogP contribution in [0, 0.1) is 17.2 Å². The Bertz CT molecular complexity index is 796. The molecule has 2 aromatic heterocycles. The fourth-order valence-electron chi connectivity index (χ4n) is 2.94. The van der Waals surface area contributed by atoms with Crippen molar-refractivity contribution in [3.05, 3.63) is 16.8 Å². The fourth-order valence-corrected chi connectivity index (χ4v) is 4.28. The number of fused-ring (bicyclic) bond motifs is 3. The maximum absolute atomic E-state index is 12.1. The summed E-state index contributed by atoms with van der Waals surface area (Å²) in [5, 5.41) is 9.57. The molecule has 2 aromatic rings. The minimum absolute atomic E-state index is 0.0743. The Hall–Kier alpha value is -2.20. The van der Waals surface area contributed by atoms with Crippen LogP contribution in [0.5, 0.6) is 5.88 Å². The van der Waals surface area contributed by atoms with E-state index in [0.29, 0.717) is 24.8 Å². The number of aryl methyl sites for hydroxylation is 1. The summed E-state index contributed by atoms with van der Waals surface area (Å²) in [4.78, 5) is 24.5. The molecule has 6 nitrogen and oxygen atoms in total. The Morgan fingerprint density at radius 3 is 3.17 bits per heavy atom. The van der Waals surface area contributed by atoms with Crippen LogP contribution in [0.1, 0.15) is 30.2 Å². The predicted octanol–water partition coefficient (Wildman–Crippen LogP) is 2.57. The number of aromatic nitrogens is 2. The largest absolute Gasteiger partial charge is 0.467 e. The lowest BCUT2D eigenvalue weighted by molar-refractivity contribution is -0.132. The lowest BCUT2D eigenvalue weighted by atomic mass is 9.89. The summed E-state index contributed by atoms with van der Waals surface area (Å²) in [7, 11) is 1.67. The number of amides is 1. The molecule has 1 aliphatic rings. The van der Waals surface area contributed by atoms with Crippen molar-refractivity contribution in [1.82, 2.24) is 14.9 Å². The van der Waals surface area contributed by atoms with Gasteiger partial charge in [-0.1, -0.05) is 6.92 Å². The molecule has 3 rings (SSSR count). The summed E-state index contributed by atoms with van der Waals surface area (Å²) in [6.07, 6.45) is 5.05. The molecule has 2 heterocycles. The zero-order valence-electron chi connectivity index (χ0n) is 13.9. The van der Waals surface area contributed by atoms with Gasteiger partial charge in [0.2, 0.25) is 5.88 Å². The van der Waals surface area contributed by atoms with E-state index in [2.05, 4.69) is 16.9 Å². The quantitative estimate of drug-likeness (QED) is 0.833. The lowest BCUT2D eigenvalue weighted by Gasteiger charge is -2.18. The minimum Gasteiger partial charge on any atom is -0.467 e. The monoisotopic (exact) mass is 344 g/mol. The van der Waals surface area contributed by atoms with Crippen LogP contribution < -0.4 is 4.74 Å². The first-order valence-electron chi connectivity index (χ1n) is 8.09. The SMILES string of the molecule is CC1CCc2c(sc3ncnc(OCC(=O)N(C)CCC#N)c23)C1. The average Bonchev–Trinajstić information content (AvgIpc) is 2.95. The van der Waals surface area contributed by atoms with E-state index in [1.165, 1.54) is 21.7 Å². The van der Waals surface area contributed by atoms with Crippen LogP contribution in [0.15, 0.2) is 6.33 Å². The molecule has 0 aromatic carbocycles. The number of hydrogen-bond donors (Lipinski definition) is 0. The van der Waals surface area contributed by atoms with E-state index in [-0.39, 0.29) is 12.5 Å². The molecule has 126 valence electrons. The summed E-state index contributed by atoms with van der Waals surface area (Å²) in [6, 6.07) is 2.03. The van der Waals surface area contributed by atoms with Crippen LogP contribution in [0.4, 0.5) is 0 Å². The highest BCUT2D eigenvalue weighted by Crippen LogP contribution is 2.40. The van der Waals surface area contributed by atoms with Gasteiger partial charge in [0, 0.05) is 18.5 Å². The fraction of sp³-hybridized carbons (Fsp3) is 0.529. The highest BCUT2D eigenvalue weighted by molar-refractivity contribution is 7.18. The number of nitriles is 1. The van der Waals surface area contributed by atoms with Crippen LogP contribution in [0.3, 0.4) is 0 Å². The Labute approximate surface area is 145 Å². The van der Waals surface area contributed by atoms with Gasteiger partial charge in [0.25, 0.3) is 5.91 Å². The second-order valence-corrected chi connectivity index (χ2v) is 7.31. The Kier molecular flexibility index (Phi) is 4.95. The maximum Gasteiger partial charge on any atom is 0.260 e. The molecule has 0 radical (unpaired) electrons. The molecular formula is C17H20N4O2S. The van der Waals surface area contributed by atoms with E-state index in [4.69, 9.17) is 10.00 Å². The second-order valence-electron chi connectivity index (χ2n) is 6.22. The molecule has 1 amide bonds. The second kappa shape index (κ2) is 7.14. The lowest BCUT2D eigenvalue weighted by Crippen LogP contribution is -2.32. The van der Waals surface area contributed by atoms with Crippen LogP contribution in [0.25, 0.3) is 10.2 Å². The number of thiophene rings is 1. The van der Waals surface area contributed by atoms with Gasteiger partial charge in [0.05, 0.1) is 17.9 Å². The Morgan fingerprint density at radius 1 is 1.54 bits per heavy atom. The van der Waals surface area contributed by atoms with Crippen molar-refractivity contribution in [1.29, 1.82) is 5.26 Å². The van der Waals surface area contributed by atoms with Crippen LogP contribution >= 0.6 is 11.3 Å². The third kappa shape index (κ3) is 3.34. The molecule has 7 heteroatoms. The number of ether oxygens (including phenoxy) is 1. The average molecular weight is 344 g/mol.